The number of nitrogens with zero attached hydrogens (tertiary/aromatic N) is 1. The zero-order valence-electron chi connectivity index (χ0n) is 11.6. The van der Waals surface area contributed by atoms with Crippen LogP contribution in [0.4, 0.5) is 10.1 Å². The van der Waals surface area contributed by atoms with E-state index in [4.69, 9.17) is 10.5 Å². The number of benzene rings is 1. The van der Waals surface area contributed by atoms with Crippen LogP contribution in [0, 0.1) is 5.82 Å². The van der Waals surface area contributed by atoms with Gasteiger partial charge in [-0.15, -0.1) is 0 Å². The van der Waals surface area contributed by atoms with Crippen molar-refractivity contribution >= 4 is 11.6 Å². The van der Waals surface area contributed by atoms with Crippen molar-refractivity contribution in [3.05, 3.63) is 29.6 Å². The average Bonchev–Trinajstić information content (AvgIpc) is 2.42. The molecule has 1 aliphatic rings. The van der Waals surface area contributed by atoms with E-state index in [-0.39, 0.29) is 23.2 Å². The number of halogens is 1. The van der Waals surface area contributed by atoms with Crippen LogP contribution in [0.1, 0.15) is 17.3 Å². The number of carbonyl (C=O) groups is 1. The standard InChI is InChI=1S/C14H20FN3O2/c1-10(9-18-5-7-20-8-6-18)17-14(19)11-3-2-4-12(15)13(11)16/h2-4,10H,5-9,16H2,1H3,(H,17,19). The number of morpholine rings is 1. The fraction of sp³-hybridized carbons (Fsp3) is 0.500. The van der Waals surface area contributed by atoms with Crippen LogP contribution in [-0.4, -0.2) is 49.7 Å². The number of nitrogen functional groups attached to an aromatic ring is 1. The molecule has 1 aromatic carbocycles. The number of rotatable bonds is 4. The lowest BCUT2D eigenvalue weighted by Crippen LogP contribution is -2.46. The van der Waals surface area contributed by atoms with Crippen molar-refractivity contribution in [2.45, 2.75) is 13.0 Å². The van der Waals surface area contributed by atoms with Crippen LogP contribution in [0.25, 0.3) is 0 Å². The Hall–Kier alpha value is -1.66. The Labute approximate surface area is 117 Å². The predicted molar refractivity (Wildman–Crippen MR) is 75.0 cm³/mol. The van der Waals surface area contributed by atoms with Crippen LogP contribution in [0.2, 0.25) is 0 Å². The van der Waals surface area contributed by atoms with Gasteiger partial charge < -0.3 is 15.8 Å². The SMILES string of the molecule is CC(CN1CCOCC1)NC(=O)c1cccc(F)c1N. The lowest BCUT2D eigenvalue weighted by atomic mass is 10.1. The van der Waals surface area contributed by atoms with Gasteiger partial charge in [-0.05, 0) is 19.1 Å². The molecular formula is C14H20FN3O2. The third kappa shape index (κ3) is 3.68. The van der Waals surface area contributed by atoms with Crippen molar-refractivity contribution < 1.29 is 13.9 Å². The van der Waals surface area contributed by atoms with Crippen LogP contribution >= 0.6 is 0 Å². The predicted octanol–water partition coefficient (Wildman–Crippen LogP) is 0.858. The molecule has 0 aromatic heterocycles. The van der Waals surface area contributed by atoms with E-state index >= 15 is 0 Å². The van der Waals surface area contributed by atoms with E-state index < -0.39 is 5.82 Å². The van der Waals surface area contributed by atoms with Crippen LogP contribution < -0.4 is 11.1 Å². The molecule has 1 amide bonds. The van der Waals surface area contributed by atoms with Crippen LogP contribution in [0.3, 0.4) is 0 Å². The fourth-order valence-electron chi connectivity index (χ4n) is 2.25. The van der Waals surface area contributed by atoms with Gasteiger partial charge in [-0.2, -0.15) is 0 Å². The highest BCUT2D eigenvalue weighted by molar-refractivity contribution is 5.99. The molecule has 20 heavy (non-hydrogen) atoms. The quantitative estimate of drug-likeness (QED) is 0.803. The number of nitrogens with two attached hydrogens (primary N) is 1. The second-order valence-electron chi connectivity index (χ2n) is 4.99. The van der Waals surface area contributed by atoms with E-state index in [1.807, 2.05) is 6.92 Å². The van der Waals surface area contributed by atoms with Crippen molar-refractivity contribution in [3.8, 4) is 0 Å². The Morgan fingerprint density at radius 3 is 2.90 bits per heavy atom. The lowest BCUT2D eigenvalue weighted by Gasteiger charge is -2.29. The molecule has 1 unspecified atom stereocenters. The van der Waals surface area contributed by atoms with Gasteiger partial charge in [0.2, 0.25) is 0 Å². The normalized spacial score (nSPS) is 17.7. The number of hydrogen-bond donors (Lipinski definition) is 2. The van der Waals surface area contributed by atoms with E-state index in [9.17, 15) is 9.18 Å². The molecule has 2 rings (SSSR count). The van der Waals surface area contributed by atoms with E-state index in [1.165, 1.54) is 18.2 Å². The van der Waals surface area contributed by atoms with Crippen molar-refractivity contribution in [3.63, 3.8) is 0 Å². The van der Waals surface area contributed by atoms with Gasteiger partial charge in [0.1, 0.15) is 5.82 Å². The smallest absolute Gasteiger partial charge is 0.253 e. The van der Waals surface area contributed by atoms with E-state index in [1.54, 1.807) is 0 Å². The first-order valence-corrected chi connectivity index (χ1v) is 6.73. The summed E-state index contributed by atoms with van der Waals surface area (Å²) in [5.41, 5.74) is 5.65. The summed E-state index contributed by atoms with van der Waals surface area (Å²) in [5, 5.41) is 2.84. The molecule has 1 aliphatic heterocycles. The summed E-state index contributed by atoms with van der Waals surface area (Å²) in [6.45, 7) is 5.83. The van der Waals surface area contributed by atoms with E-state index in [0.717, 1.165) is 32.8 Å². The first-order chi connectivity index (χ1) is 9.58. The molecule has 1 saturated heterocycles. The van der Waals surface area contributed by atoms with Crippen molar-refractivity contribution in [1.29, 1.82) is 0 Å². The van der Waals surface area contributed by atoms with Crippen molar-refractivity contribution in [1.82, 2.24) is 10.2 Å². The van der Waals surface area contributed by atoms with Gasteiger partial charge in [-0.3, -0.25) is 9.69 Å². The fourth-order valence-corrected chi connectivity index (χ4v) is 2.25. The Morgan fingerprint density at radius 1 is 1.50 bits per heavy atom. The number of carbonyl (C=O) groups excluding carboxylic acids is 1. The van der Waals surface area contributed by atoms with Gasteiger partial charge in [0.15, 0.2) is 0 Å². The Kier molecular flexibility index (Phi) is 4.92. The Bertz CT molecular complexity index is 475. The summed E-state index contributed by atoms with van der Waals surface area (Å²) in [6.07, 6.45) is 0. The molecule has 1 aromatic rings. The zero-order chi connectivity index (χ0) is 14.5. The highest BCUT2D eigenvalue weighted by atomic mass is 19.1. The molecule has 0 radical (unpaired) electrons. The summed E-state index contributed by atoms with van der Waals surface area (Å²) in [5.74, 6) is -0.916. The first-order valence-electron chi connectivity index (χ1n) is 6.73. The van der Waals surface area contributed by atoms with Gasteiger partial charge in [0, 0.05) is 25.7 Å². The molecule has 3 N–H and O–H groups in total. The van der Waals surface area contributed by atoms with Gasteiger partial charge in [-0.25, -0.2) is 4.39 Å². The molecule has 0 aliphatic carbocycles. The number of ether oxygens (including phenoxy) is 1. The topological polar surface area (TPSA) is 67.6 Å². The second-order valence-corrected chi connectivity index (χ2v) is 4.99. The highest BCUT2D eigenvalue weighted by Gasteiger charge is 2.18. The second kappa shape index (κ2) is 6.67. The molecular weight excluding hydrogens is 261 g/mol. The third-order valence-electron chi connectivity index (χ3n) is 3.31. The molecule has 1 atom stereocenters. The molecule has 0 bridgehead atoms. The van der Waals surface area contributed by atoms with Gasteiger partial charge >= 0.3 is 0 Å². The minimum atomic E-state index is -0.571. The molecule has 1 heterocycles. The molecule has 1 fully saturated rings. The van der Waals surface area contributed by atoms with Crippen molar-refractivity contribution in [2.75, 3.05) is 38.6 Å². The van der Waals surface area contributed by atoms with Crippen LogP contribution in [-0.2, 0) is 4.74 Å². The summed E-state index contributed by atoms with van der Waals surface area (Å²) in [7, 11) is 0. The molecule has 0 saturated carbocycles. The largest absolute Gasteiger partial charge is 0.396 e. The number of amides is 1. The number of para-hydroxylation sites is 1. The van der Waals surface area contributed by atoms with Crippen LogP contribution in [0.5, 0.6) is 0 Å². The highest BCUT2D eigenvalue weighted by Crippen LogP contribution is 2.15. The van der Waals surface area contributed by atoms with Gasteiger partial charge in [0.25, 0.3) is 5.91 Å². The maximum Gasteiger partial charge on any atom is 0.253 e. The zero-order valence-corrected chi connectivity index (χ0v) is 11.6. The molecule has 110 valence electrons. The summed E-state index contributed by atoms with van der Waals surface area (Å²) in [6, 6.07) is 4.20. The molecule has 0 spiro atoms. The third-order valence-corrected chi connectivity index (χ3v) is 3.31. The monoisotopic (exact) mass is 281 g/mol. The van der Waals surface area contributed by atoms with Gasteiger partial charge in [0.05, 0.1) is 24.5 Å². The molecule has 5 nitrogen and oxygen atoms in total. The minimum Gasteiger partial charge on any atom is -0.396 e. The van der Waals surface area contributed by atoms with Crippen molar-refractivity contribution in [2.24, 2.45) is 0 Å². The Morgan fingerprint density at radius 2 is 2.20 bits per heavy atom. The Balaban J connectivity index is 1.91. The number of nitrogens with one attached hydrogen (secondary N) is 1. The minimum absolute atomic E-state index is 0.0386. The first kappa shape index (κ1) is 14.7. The van der Waals surface area contributed by atoms with Crippen LogP contribution in [0.15, 0.2) is 18.2 Å². The van der Waals surface area contributed by atoms with E-state index in [2.05, 4.69) is 10.2 Å². The number of anilines is 1. The number of hydrogen-bond acceptors (Lipinski definition) is 4. The summed E-state index contributed by atoms with van der Waals surface area (Å²) in [4.78, 5) is 14.3. The summed E-state index contributed by atoms with van der Waals surface area (Å²) >= 11 is 0. The average molecular weight is 281 g/mol. The maximum atomic E-state index is 13.3. The lowest BCUT2D eigenvalue weighted by molar-refractivity contribution is 0.0342. The summed E-state index contributed by atoms with van der Waals surface area (Å²) < 4.78 is 18.6. The van der Waals surface area contributed by atoms with Gasteiger partial charge in [-0.1, -0.05) is 6.07 Å². The van der Waals surface area contributed by atoms with E-state index in [0.29, 0.717) is 0 Å². The molecule has 6 heteroatoms. The maximum absolute atomic E-state index is 13.3.